The first kappa shape index (κ1) is 27.3. The van der Waals surface area contributed by atoms with Crippen molar-refractivity contribution < 1.29 is 23.9 Å². The molecule has 0 saturated heterocycles. The lowest BCUT2D eigenvalue weighted by atomic mass is 9.81. The highest BCUT2D eigenvalue weighted by Crippen LogP contribution is 2.29. The molecule has 1 unspecified atom stereocenters. The average Bonchev–Trinajstić information content (AvgIpc) is 2.81. The highest BCUT2D eigenvalue weighted by Gasteiger charge is 2.39. The van der Waals surface area contributed by atoms with Crippen LogP contribution in [0.3, 0.4) is 0 Å². The Morgan fingerprint density at radius 2 is 1.62 bits per heavy atom. The van der Waals surface area contributed by atoms with Crippen LogP contribution in [0.5, 0.6) is 0 Å². The molecule has 0 aliphatic heterocycles. The number of hydroxylamine groups is 2. The van der Waals surface area contributed by atoms with Gasteiger partial charge in [0.2, 0.25) is 0 Å². The number of hydrogen-bond donors (Lipinski definition) is 0. The Hall–Kier alpha value is -2.90. The molecule has 0 aromatic heterocycles. The molecule has 0 bridgehead atoms. The number of ether oxygens (including phenoxy) is 2. The van der Waals surface area contributed by atoms with Crippen LogP contribution < -0.4 is 0 Å². The fraction of sp³-hybridized carbons (Fsp3) is 0.481. The maximum Gasteiger partial charge on any atom is 0.409 e. The first-order valence-electron chi connectivity index (χ1n) is 11.4. The number of rotatable bonds is 11. The molecule has 7 heteroatoms. The first-order valence-corrected chi connectivity index (χ1v) is 11.4. The summed E-state index contributed by atoms with van der Waals surface area (Å²) < 4.78 is 11.5. The topological polar surface area (TPSA) is 68.3 Å². The highest BCUT2D eigenvalue weighted by molar-refractivity contribution is 5.87. The Bertz CT molecular complexity index is 947. The van der Waals surface area contributed by atoms with E-state index in [9.17, 15) is 9.59 Å². The van der Waals surface area contributed by atoms with E-state index in [1.54, 1.807) is 19.0 Å². The molecule has 0 aliphatic rings. The summed E-state index contributed by atoms with van der Waals surface area (Å²) in [6, 6.07) is 17.4. The van der Waals surface area contributed by atoms with Gasteiger partial charge in [-0.1, -0.05) is 74.0 Å². The fourth-order valence-electron chi connectivity index (χ4n) is 3.80. The molecule has 186 valence electrons. The molecule has 2 aromatic carbocycles. The van der Waals surface area contributed by atoms with E-state index in [0.29, 0.717) is 13.2 Å². The van der Waals surface area contributed by atoms with Gasteiger partial charge in [-0.3, -0.25) is 9.63 Å². The SMILES string of the molecule is CON(C)C(=O)C(C)(COCC(C)(C)CN(C)C(=O)OCc1ccccc1)c1cccc(C)c1. The summed E-state index contributed by atoms with van der Waals surface area (Å²) in [6.45, 7) is 9.08. The molecule has 1 atom stereocenters. The number of benzene rings is 2. The molecule has 0 saturated carbocycles. The van der Waals surface area contributed by atoms with Gasteiger partial charge in [-0.15, -0.1) is 0 Å². The molecule has 0 spiro atoms. The molecular formula is C27H38N2O5. The van der Waals surface area contributed by atoms with Crippen molar-refractivity contribution in [2.24, 2.45) is 5.41 Å². The second-order valence-electron chi connectivity index (χ2n) is 9.74. The summed E-state index contributed by atoms with van der Waals surface area (Å²) in [5.74, 6) is -0.194. The molecule has 34 heavy (non-hydrogen) atoms. The highest BCUT2D eigenvalue weighted by atomic mass is 16.7. The Morgan fingerprint density at radius 1 is 0.941 bits per heavy atom. The normalized spacial score (nSPS) is 13.1. The van der Waals surface area contributed by atoms with E-state index < -0.39 is 11.5 Å². The molecule has 0 heterocycles. The van der Waals surface area contributed by atoms with Crippen LogP contribution >= 0.6 is 0 Å². The van der Waals surface area contributed by atoms with Crippen LogP contribution in [0.4, 0.5) is 4.79 Å². The third-order valence-electron chi connectivity index (χ3n) is 5.75. The van der Waals surface area contributed by atoms with Gasteiger partial charge >= 0.3 is 6.09 Å². The molecule has 0 radical (unpaired) electrons. The van der Waals surface area contributed by atoms with Gasteiger partial charge in [0.25, 0.3) is 5.91 Å². The van der Waals surface area contributed by atoms with Gasteiger partial charge in [0, 0.05) is 26.1 Å². The Kier molecular flexibility index (Phi) is 9.65. The van der Waals surface area contributed by atoms with E-state index >= 15 is 0 Å². The van der Waals surface area contributed by atoms with Crippen LogP contribution in [-0.2, 0) is 31.1 Å². The lowest BCUT2D eigenvalue weighted by Gasteiger charge is -2.34. The predicted molar refractivity (Wildman–Crippen MR) is 132 cm³/mol. The van der Waals surface area contributed by atoms with Crippen molar-refractivity contribution in [3.8, 4) is 0 Å². The summed E-state index contributed by atoms with van der Waals surface area (Å²) >= 11 is 0. The number of nitrogens with zero attached hydrogens (tertiary/aromatic N) is 2. The van der Waals surface area contributed by atoms with E-state index in [0.717, 1.165) is 16.7 Å². The molecule has 2 aromatic rings. The number of amides is 2. The van der Waals surface area contributed by atoms with Crippen LogP contribution in [-0.4, -0.2) is 62.9 Å². The second-order valence-corrected chi connectivity index (χ2v) is 9.74. The smallest absolute Gasteiger partial charge is 0.409 e. The van der Waals surface area contributed by atoms with Gasteiger partial charge < -0.3 is 14.4 Å². The van der Waals surface area contributed by atoms with Gasteiger partial charge in [-0.05, 0) is 25.0 Å². The lowest BCUT2D eigenvalue weighted by Crippen LogP contribution is -2.47. The number of likely N-dealkylation sites (N-methyl/N-ethyl adjacent to an activating group) is 1. The van der Waals surface area contributed by atoms with E-state index in [1.165, 1.54) is 12.2 Å². The van der Waals surface area contributed by atoms with E-state index in [1.807, 2.05) is 82.3 Å². The van der Waals surface area contributed by atoms with Crippen molar-refractivity contribution in [2.45, 2.75) is 39.7 Å². The molecule has 0 N–H and O–H groups in total. The minimum atomic E-state index is -0.923. The largest absolute Gasteiger partial charge is 0.445 e. The Morgan fingerprint density at radius 3 is 2.24 bits per heavy atom. The zero-order chi connectivity index (χ0) is 25.4. The van der Waals surface area contributed by atoms with Gasteiger partial charge in [0.15, 0.2) is 0 Å². The van der Waals surface area contributed by atoms with Crippen LogP contribution in [0.2, 0.25) is 0 Å². The second kappa shape index (κ2) is 12.0. The number of carbonyl (C=O) groups is 2. The molecule has 0 aliphatic carbocycles. The maximum atomic E-state index is 13.2. The van der Waals surface area contributed by atoms with Crippen LogP contribution in [0, 0.1) is 12.3 Å². The van der Waals surface area contributed by atoms with Crippen LogP contribution in [0.15, 0.2) is 54.6 Å². The summed E-state index contributed by atoms with van der Waals surface area (Å²) in [5.41, 5.74) is 1.58. The molecule has 0 fully saturated rings. The van der Waals surface area contributed by atoms with Crippen LogP contribution in [0.1, 0.15) is 37.5 Å². The van der Waals surface area contributed by atoms with Gasteiger partial charge in [0.05, 0.1) is 25.7 Å². The summed E-state index contributed by atoms with van der Waals surface area (Å²) in [5, 5.41) is 1.23. The number of aryl methyl sites for hydroxylation is 1. The van der Waals surface area contributed by atoms with Crippen molar-refractivity contribution >= 4 is 12.0 Å². The zero-order valence-corrected chi connectivity index (χ0v) is 21.5. The Labute approximate surface area is 203 Å². The monoisotopic (exact) mass is 470 g/mol. The van der Waals surface area contributed by atoms with E-state index in [4.69, 9.17) is 14.3 Å². The van der Waals surface area contributed by atoms with Gasteiger partial charge in [-0.2, -0.15) is 0 Å². The van der Waals surface area contributed by atoms with Gasteiger partial charge in [-0.25, -0.2) is 9.86 Å². The zero-order valence-electron chi connectivity index (χ0n) is 21.5. The summed E-state index contributed by atoms with van der Waals surface area (Å²) in [4.78, 5) is 32.3. The van der Waals surface area contributed by atoms with Crippen molar-refractivity contribution in [2.75, 3.05) is 41.0 Å². The minimum absolute atomic E-state index is 0.175. The van der Waals surface area contributed by atoms with E-state index in [-0.39, 0.29) is 24.5 Å². The molecule has 7 nitrogen and oxygen atoms in total. The maximum absolute atomic E-state index is 13.2. The van der Waals surface area contributed by atoms with Gasteiger partial charge in [0.1, 0.15) is 6.61 Å². The van der Waals surface area contributed by atoms with E-state index in [2.05, 4.69) is 0 Å². The first-order chi connectivity index (χ1) is 16.0. The summed E-state index contributed by atoms with van der Waals surface area (Å²) in [7, 11) is 4.77. The van der Waals surface area contributed by atoms with Crippen molar-refractivity contribution in [3.05, 3.63) is 71.3 Å². The van der Waals surface area contributed by atoms with Crippen molar-refractivity contribution in [3.63, 3.8) is 0 Å². The van der Waals surface area contributed by atoms with Crippen LogP contribution in [0.25, 0.3) is 0 Å². The third-order valence-corrected chi connectivity index (χ3v) is 5.75. The quantitative estimate of drug-likeness (QED) is 0.450. The summed E-state index contributed by atoms with van der Waals surface area (Å²) in [6.07, 6.45) is -0.390. The fourth-order valence-corrected chi connectivity index (χ4v) is 3.80. The molecule has 2 amide bonds. The predicted octanol–water partition coefficient (Wildman–Crippen LogP) is 4.58. The lowest BCUT2D eigenvalue weighted by molar-refractivity contribution is -0.177. The third kappa shape index (κ3) is 7.57. The molecular weight excluding hydrogens is 432 g/mol. The Balaban J connectivity index is 1.98. The van der Waals surface area contributed by atoms with Crippen molar-refractivity contribution in [1.82, 2.24) is 9.96 Å². The standard InChI is InChI=1S/C27H38N2O5/c1-21-12-11-15-23(16-21)27(4,24(30)29(6)32-7)20-33-19-26(2,3)18-28(5)25(31)34-17-22-13-9-8-10-14-22/h8-16H,17-20H2,1-7H3. The molecule has 2 rings (SSSR count). The van der Waals surface area contributed by atoms with Crippen molar-refractivity contribution in [1.29, 1.82) is 0 Å². The minimum Gasteiger partial charge on any atom is -0.445 e. The number of carbonyl (C=O) groups excluding carboxylic acids is 2. The average molecular weight is 471 g/mol. The number of hydrogen-bond acceptors (Lipinski definition) is 5.